The van der Waals surface area contributed by atoms with Crippen molar-refractivity contribution in [2.24, 2.45) is 0 Å². The Kier molecular flexibility index (Phi) is 4.79. The first-order valence-electron chi connectivity index (χ1n) is 5.71. The molecule has 2 atom stereocenters. The first-order chi connectivity index (χ1) is 8.19. The number of hydrogen-bond acceptors (Lipinski definition) is 3. The van der Waals surface area contributed by atoms with Crippen LogP contribution in [-0.4, -0.2) is 41.1 Å². The third-order valence-electron chi connectivity index (χ3n) is 2.96. The first kappa shape index (κ1) is 13.3. The molecule has 3 nitrogen and oxygen atoms in total. The molecule has 2 rings (SSSR count). The van der Waals surface area contributed by atoms with Crippen LogP contribution in [0.1, 0.15) is 12.6 Å². The van der Waals surface area contributed by atoms with E-state index in [0.29, 0.717) is 11.9 Å². The van der Waals surface area contributed by atoms with Crippen molar-refractivity contribution in [3.05, 3.63) is 28.5 Å². The minimum Gasteiger partial charge on any atom is -0.374 e. The number of rotatable bonds is 3. The van der Waals surface area contributed by atoms with Crippen molar-refractivity contribution in [2.75, 3.05) is 19.0 Å². The molecular formula is C12H16BrClN2O. The van der Waals surface area contributed by atoms with E-state index in [4.69, 9.17) is 16.3 Å². The summed E-state index contributed by atoms with van der Waals surface area (Å²) in [5, 5.41) is 0. The Labute approximate surface area is 115 Å². The summed E-state index contributed by atoms with van der Waals surface area (Å²) in [7, 11) is 0. The highest BCUT2D eigenvalue weighted by Crippen LogP contribution is 2.16. The maximum atomic E-state index is 5.84. The van der Waals surface area contributed by atoms with Crippen molar-refractivity contribution < 1.29 is 4.74 Å². The predicted octanol–water partition coefficient (Wildman–Crippen LogP) is 2.67. The normalized spacial score (nSPS) is 26.1. The Balaban J connectivity index is 1.98. The van der Waals surface area contributed by atoms with Crippen LogP contribution in [0, 0.1) is 0 Å². The van der Waals surface area contributed by atoms with Gasteiger partial charge in [0.15, 0.2) is 0 Å². The Hall–Kier alpha value is -0.160. The highest BCUT2D eigenvalue weighted by molar-refractivity contribution is 9.10. The Morgan fingerprint density at radius 3 is 3.06 bits per heavy atom. The fraction of sp³-hybridized carbons (Fsp3) is 0.583. The van der Waals surface area contributed by atoms with Crippen LogP contribution in [0.25, 0.3) is 0 Å². The van der Waals surface area contributed by atoms with Gasteiger partial charge < -0.3 is 4.74 Å². The van der Waals surface area contributed by atoms with Crippen molar-refractivity contribution in [1.82, 2.24) is 9.88 Å². The van der Waals surface area contributed by atoms with Crippen LogP contribution in [0.5, 0.6) is 0 Å². The molecule has 2 heterocycles. The van der Waals surface area contributed by atoms with Gasteiger partial charge in [-0.3, -0.25) is 9.88 Å². The number of halogens is 2. The molecule has 0 spiro atoms. The minimum absolute atomic E-state index is 0.142. The van der Waals surface area contributed by atoms with Crippen LogP contribution >= 0.6 is 27.5 Å². The van der Waals surface area contributed by atoms with E-state index in [-0.39, 0.29) is 6.10 Å². The van der Waals surface area contributed by atoms with E-state index in [2.05, 4.69) is 32.7 Å². The van der Waals surface area contributed by atoms with Crippen molar-refractivity contribution in [3.63, 3.8) is 0 Å². The topological polar surface area (TPSA) is 25.4 Å². The first-order valence-corrected chi connectivity index (χ1v) is 7.04. The molecule has 5 heteroatoms. The fourth-order valence-electron chi connectivity index (χ4n) is 1.90. The van der Waals surface area contributed by atoms with Gasteiger partial charge in [0.25, 0.3) is 0 Å². The van der Waals surface area contributed by atoms with Gasteiger partial charge in [-0.05, 0) is 35.0 Å². The molecule has 94 valence electrons. The highest BCUT2D eigenvalue weighted by Gasteiger charge is 2.25. The van der Waals surface area contributed by atoms with Crippen LogP contribution in [0.3, 0.4) is 0 Å². The van der Waals surface area contributed by atoms with Gasteiger partial charge in [0.05, 0.1) is 18.4 Å². The number of morpholine rings is 1. The third kappa shape index (κ3) is 3.65. The molecule has 1 aliphatic heterocycles. The molecule has 0 saturated carbocycles. The lowest BCUT2D eigenvalue weighted by Gasteiger charge is -2.37. The van der Waals surface area contributed by atoms with E-state index < -0.39 is 0 Å². The fourth-order valence-corrected chi connectivity index (χ4v) is 2.32. The number of aromatic nitrogens is 1. The van der Waals surface area contributed by atoms with Crippen LogP contribution in [0.2, 0.25) is 0 Å². The molecule has 1 saturated heterocycles. The quantitative estimate of drug-likeness (QED) is 0.801. The number of alkyl halides is 1. The van der Waals surface area contributed by atoms with Crippen LogP contribution < -0.4 is 0 Å². The monoisotopic (exact) mass is 318 g/mol. The Bertz CT molecular complexity index is 360. The lowest BCUT2D eigenvalue weighted by atomic mass is 10.2. The maximum Gasteiger partial charge on any atom is 0.0838 e. The SMILES string of the molecule is CC1COC(CCl)CN1Cc1ccc(Br)cn1. The second-order valence-electron chi connectivity index (χ2n) is 4.36. The molecule has 0 radical (unpaired) electrons. The van der Waals surface area contributed by atoms with Crippen molar-refractivity contribution in [3.8, 4) is 0 Å². The van der Waals surface area contributed by atoms with E-state index in [9.17, 15) is 0 Å². The van der Waals surface area contributed by atoms with E-state index >= 15 is 0 Å². The summed E-state index contributed by atoms with van der Waals surface area (Å²) in [6.07, 6.45) is 1.97. The number of ether oxygens (including phenoxy) is 1. The zero-order chi connectivity index (χ0) is 12.3. The predicted molar refractivity (Wildman–Crippen MR) is 72.3 cm³/mol. The molecule has 0 aliphatic carbocycles. The average molecular weight is 320 g/mol. The number of pyridine rings is 1. The molecule has 0 amide bonds. The standard InChI is InChI=1S/C12H16BrClN2O/c1-9-8-17-12(4-14)7-16(9)6-11-3-2-10(13)5-15-11/h2-3,5,9,12H,4,6-8H2,1H3. The second-order valence-corrected chi connectivity index (χ2v) is 5.58. The van der Waals surface area contributed by atoms with Crippen LogP contribution in [0.4, 0.5) is 0 Å². The van der Waals surface area contributed by atoms with Crippen molar-refractivity contribution in [2.45, 2.75) is 25.6 Å². The van der Waals surface area contributed by atoms with Gasteiger partial charge in [-0.25, -0.2) is 0 Å². The van der Waals surface area contributed by atoms with Crippen LogP contribution in [0.15, 0.2) is 22.8 Å². The number of hydrogen-bond donors (Lipinski definition) is 0. The summed E-state index contributed by atoms with van der Waals surface area (Å²) in [5.74, 6) is 0.553. The smallest absolute Gasteiger partial charge is 0.0838 e. The Morgan fingerprint density at radius 2 is 2.41 bits per heavy atom. The molecule has 0 N–H and O–H groups in total. The van der Waals surface area contributed by atoms with Crippen molar-refractivity contribution in [1.29, 1.82) is 0 Å². The lowest BCUT2D eigenvalue weighted by molar-refractivity contribution is -0.0514. The molecule has 0 bridgehead atoms. The van der Waals surface area contributed by atoms with Gasteiger partial charge in [-0.15, -0.1) is 11.6 Å². The summed E-state index contributed by atoms with van der Waals surface area (Å²) >= 11 is 9.23. The Morgan fingerprint density at radius 1 is 1.59 bits per heavy atom. The largest absolute Gasteiger partial charge is 0.374 e. The van der Waals surface area contributed by atoms with Crippen LogP contribution in [-0.2, 0) is 11.3 Å². The molecule has 1 aromatic rings. The zero-order valence-corrected chi connectivity index (χ0v) is 12.1. The van der Waals surface area contributed by atoms with E-state index in [1.54, 1.807) is 0 Å². The zero-order valence-electron chi connectivity index (χ0n) is 9.77. The average Bonchev–Trinajstić information content (AvgIpc) is 2.35. The van der Waals surface area contributed by atoms with Gasteiger partial charge in [-0.1, -0.05) is 0 Å². The van der Waals surface area contributed by atoms with Gasteiger partial charge >= 0.3 is 0 Å². The molecule has 2 unspecified atom stereocenters. The lowest BCUT2D eigenvalue weighted by Crippen LogP contribution is -2.48. The van der Waals surface area contributed by atoms with Gasteiger partial charge in [-0.2, -0.15) is 0 Å². The number of nitrogens with zero attached hydrogens (tertiary/aromatic N) is 2. The summed E-state index contributed by atoms with van der Waals surface area (Å²) in [4.78, 5) is 6.76. The minimum atomic E-state index is 0.142. The van der Waals surface area contributed by atoms with Gasteiger partial charge in [0.2, 0.25) is 0 Å². The van der Waals surface area contributed by atoms with Crippen molar-refractivity contribution >= 4 is 27.5 Å². The van der Waals surface area contributed by atoms with E-state index in [0.717, 1.165) is 29.9 Å². The summed E-state index contributed by atoms with van der Waals surface area (Å²) in [6.45, 7) is 4.64. The highest BCUT2D eigenvalue weighted by atomic mass is 79.9. The maximum absolute atomic E-state index is 5.84. The summed E-state index contributed by atoms with van der Waals surface area (Å²) < 4.78 is 6.63. The van der Waals surface area contributed by atoms with Gasteiger partial charge in [0, 0.05) is 35.7 Å². The summed E-state index contributed by atoms with van der Waals surface area (Å²) in [6, 6.07) is 4.48. The molecule has 1 aliphatic rings. The third-order valence-corrected chi connectivity index (χ3v) is 3.77. The van der Waals surface area contributed by atoms with E-state index in [1.165, 1.54) is 0 Å². The second kappa shape index (κ2) is 6.14. The summed E-state index contributed by atoms with van der Waals surface area (Å²) in [5.41, 5.74) is 1.08. The molecule has 1 aromatic heterocycles. The van der Waals surface area contributed by atoms with E-state index in [1.807, 2.05) is 18.3 Å². The molecule has 0 aromatic carbocycles. The van der Waals surface area contributed by atoms with Gasteiger partial charge in [0.1, 0.15) is 0 Å². The molecule has 1 fully saturated rings. The molecular weight excluding hydrogens is 304 g/mol. The molecule has 17 heavy (non-hydrogen) atoms.